The van der Waals surface area contributed by atoms with Crippen molar-refractivity contribution >= 4 is 12.0 Å². The molecule has 1 atom stereocenters. The van der Waals surface area contributed by atoms with E-state index in [1.807, 2.05) is 6.92 Å². The van der Waals surface area contributed by atoms with E-state index in [4.69, 9.17) is 5.11 Å². The molecule has 1 unspecified atom stereocenters. The third-order valence-corrected chi connectivity index (χ3v) is 3.62. The number of carboxylic acid groups (broad SMARTS) is 1. The van der Waals surface area contributed by atoms with E-state index < -0.39 is 5.97 Å². The summed E-state index contributed by atoms with van der Waals surface area (Å²) in [6, 6.07) is -0.540. The molecule has 0 aromatic rings. The molecule has 18 heavy (non-hydrogen) atoms. The number of carbonyl (C=O) groups is 2. The third kappa shape index (κ3) is 4.94. The van der Waals surface area contributed by atoms with Gasteiger partial charge in [-0.15, -0.1) is 0 Å². The van der Waals surface area contributed by atoms with E-state index in [1.165, 1.54) is 6.42 Å². The molecule has 0 aliphatic heterocycles. The molecular weight excluding hydrogens is 232 g/mol. The minimum Gasteiger partial charge on any atom is -0.481 e. The van der Waals surface area contributed by atoms with E-state index in [1.54, 1.807) is 0 Å². The van der Waals surface area contributed by atoms with Crippen LogP contribution in [-0.2, 0) is 4.79 Å². The molecule has 5 heteroatoms. The molecule has 2 amide bonds. The molecule has 0 aromatic carbocycles. The van der Waals surface area contributed by atoms with Crippen molar-refractivity contribution in [2.24, 2.45) is 0 Å². The maximum absolute atomic E-state index is 11.9. The Morgan fingerprint density at radius 2 is 1.89 bits per heavy atom. The minimum absolute atomic E-state index is 0.0271. The van der Waals surface area contributed by atoms with Crippen molar-refractivity contribution < 1.29 is 14.7 Å². The summed E-state index contributed by atoms with van der Waals surface area (Å²) in [4.78, 5) is 22.5. The van der Waals surface area contributed by atoms with Gasteiger partial charge in [0.25, 0.3) is 0 Å². The Balaban J connectivity index is 2.41. The number of carboxylic acids is 1. The fraction of sp³-hybridized carbons (Fsp3) is 0.846. The van der Waals surface area contributed by atoms with Crippen molar-refractivity contribution in [2.75, 3.05) is 0 Å². The van der Waals surface area contributed by atoms with Crippen LogP contribution >= 0.6 is 0 Å². The molecule has 0 heterocycles. The first-order valence-electron chi connectivity index (χ1n) is 6.75. The van der Waals surface area contributed by atoms with Crippen LogP contribution in [0.4, 0.5) is 4.79 Å². The highest BCUT2D eigenvalue weighted by Crippen LogP contribution is 2.27. The van der Waals surface area contributed by atoms with Gasteiger partial charge in [0.05, 0.1) is 6.42 Å². The van der Waals surface area contributed by atoms with Gasteiger partial charge in [0.1, 0.15) is 0 Å². The molecule has 1 saturated carbocycles. The van der Waals surface area contributed by atoms with Crippen molar-refractivity contribution in [3.05, 3.63) is 0 Å². The fourth-order valence-corrected chi connectivity index (χ4v) is 2.46. The van der Waals surface area contributed by atoms with E-state index in [2.05, 4.69) is 17.6 Å². The lowest BCUT2D eigenvalue weighted by atomic mass is 9.83. The summed E-state index contributed by atoms with van der Waals surface area (Å²) in [5.74, 6) is -0.883. The molecule has 5 nitrogen and oxygen atoms in total. The SMILES string of the molecule is CCC(CC(=O)O)NC(=O)NC1(C)CCCCC1. The highest BCUT2D eigenvalue weighted by Gasteiger charge is 2.28. The van der Waals surface area contributed by atoms with Crippen molar-refractivity contribution in [1.82, 2.24) is 10.6 Å². The van der Waals surface area contributed by atoms with Crippen molar-refractivity contribution in [2.45, 2.75) is 70.4 Å². The van der Waals surface area contributed by atoms with Crippen LogP contribution < -0.4 is 10.6 Å². The molecule has 1 rings (SSSR count). The van der Waals surface area contributed by atoms with Crippen LogP contribution in [0, 0.1) is 0 Å². The summed E-state index contributed by atoms with van der Waals surface area (Å²) in [6.07, 6.45) is 6.10. The second-order valence-electron chi connectivity index (χ2n) is 5.42. The Labute approximate surface area is 108 Å². The Kier molecular flexibility index (Phi) is 5.44. The standard InChI is InChI=1S/C13H24N2O3/c1-3-10(9-11(16)17)14-12(18)15-13(2)7-5-4-6-8-13/h10H,3-9H2,1-2H3,(H,16,17)(H2,14,15,18). The number of carbonyl (C=O) groups excluding carboxylic acids is 1. The number of amides is 2. The van der Waals surface area contributed by atoms with Gasteiger partial charge in [0.15, 0.2) is 0 Å². The summed E-state index contributed by atoms with van der Waals surface area (Å²) in [6.45, 7) is 3.93. The van der Waals surface area contributed by atoms with Crippen LogP contribution in [0.3, 0.4) is 0 Å². The second-order valence-corrected chi connectivity index (χ2v) is 5.42. The molecule has 0 saturated heterocycles. The first kappa shape index (κ1) is 14.8. The molecule has 0 aromatic heterocycles. The highest BCUT2D eigenvalue weighted by molar-refractivity contribution is 5.76. The zero-order valence-corrected chi connectivity index (χ0v) is 11.3. The topological polar surface area (TPSA) is 78.4 Å². The molecule has 1 fully saturated rings. The van der Waals surface area contributed by atoms with Gasteiger partial charge in [-0.2, -0.15) is 0 Å². The average molecular weight is 256 g/mol. The molecular formula is C13H24N2O3. The van der Waals surface area contributed by atoms with Gasteiger partial charge >= 0.3 is 12.0 Å². The molecule has 0 radical (unpaired) electrons. The van der Waals surface area contributed by atoms with E-state index in [0.717, 1.165) is 25.7 Å². The maximum Gasteiger partial charge on any atom is 0.315 e. The van der Waals surface area contributed by atoms with Crippen LogP contribution in [0.25, 0.3) is 0 Å². The first-order valence-corrected chi connectivity index (χ1v) is 6.75. The lowest BCUT2D eigenvalue weighted by Crippen LogP contribution is -2.53. The summed E-state index contributed by atoms with van der Waals surface area (Å²) in [5.41, 5.74) is -0.135. The molecule has 1 aliphatic rings. The summed E-state index contributed by atoms with van der Waals surface area (Å²) in [5, 5.41) is 14.5. The summed E-state index contributed by atoms with van der Waals surface area (Å²) >= 11 is 0. The molecule has 3 N–H and O–H groups in total. The Morgan fingerprint density at radius 1 is 1.28 bits per heavy atom. The number of hydrogen-bond acceptors (Lipinski definition) is 2. The number of aliphatic carboxylic acids is 1. The molecule has 0 bridgehead atoms. The van der Waals surface area contributed by atoms with E-state index in [-0.39, 0.29) is 24.0 Å². The van der Waals surface area contributed by atoms with E-state index in [9.17, 15) is 9.59 Å². The number of rotatable bonds is 5. The second kappa shape index (κ2) is 6.61. The van der Waals surface area contributed by atoms with Crippen LogP contribution in [0.1, 0.15) is 58.8 Å². The van der Waals surface area contributed by atoms with Gasteiger partial charge in [-0.05, 0) is 26.2 Å². The lowest BCUT2D eigenvalue weighted by molar-refractivity contribution is -0.137. The van der Waals surface area contributed by atoms with Crippen LogP contribution in [0.15, 0.2) is 0 Å². The maximum atomic E-state index is 11.9. The van der Waals surface area contributed by atoms with Crippen molar-refractivity contribution in [1.29, 1.82) is 0 Å². The van der Waals surface area contributed by atoms with Crippen LogP contribution in [0.2, 0.25) is 0 Å². The van der Waals surface area contributed by atoms with Gasteiger partial charge in [-0.25, -0.2) is 4.79 Å². The number of hydrogen-bond donors (Lipinski definition) is 3. The zero-order valence-electron chi connectivity index (χ0n) is 11.3. The average Bonchev–Trinajstić information content (AvgIpc) is 2.27. The highest BCUT2D eigenvalue weighted by atomic mass is 16.4. The van der Waals surface area contributed by atoms with E-state index in [0.29, 0.717) is 6.42 Å². The number of nitrogens with one attached hydrogen (secondary N) is 2. The van der Waals surface area contributed by atoms with Crippen LogP contribution in [0.5, 0.6) is 0 Å². The Morgan fingerprint density at radius 3 is 2.39 bits per heavy atom. The van der Waals surface area contributed by atoms with Gasteiger partial charge < -0.3 is 15.7 Å². The molecule has 1 aliphatic carbocycles. The fourth-order valence-electron chi connectivity index (χ4n) is 2.46. The third-order valence-electron chi connectivity index (χ3n) is 3.62. The minimum atomic E-state index is -0.883. The van der Waals surface area contributed by atoms with E-state index >= 15 is 0 Å². The first-order chi connectivity index (χ1) is 8.45. The quantitative estimate of drug-likeness (QED) is 0.706. The summed E-state index contributed by atoms with van der Waals surface area (Å²) < 4.78 is 0. The lowest BCUT2D eigenvalue weighted by Gasteiger charge is -2.35. The number of urea groups is 1. The Hall–Kier alpha value is -1.26. The molecule has 0 spiro atoms. The Bertz CT molecular complexity index is 299. The predicted octanol–water partition coefficient (Wildman–Crippen LogP) is 2.26. The molecule has 104 valence electrons. The van der Waals surface area contributed by atoms with Gasteiger partial charge in [-0.1, -0.05) is 26.2 Å². The van der Waals surface area contributed by atoms with Gasteiger partial charge in [-0.3, -0.25) is 4.79 Å². The van der Waals surface area contributed by atoms with Crippen molar-refractivity contribution in [3.8, 4) is 0 Å². The van der Waals surface area contributed by atoms with Gasteiger partial charge in [0, 0.05) is 11.6 Å². The normalized spacial score (nSPS) is 19.9. The van der Waals surface area contributed by atoms with Crippen LogP contribution in [-0.4, -0.2) is 28.7 Å². The largest absolute Gasteiger partial charge is 0.481 e. The monoisotopic (exact) mass is 256 g/mol. The predicted molar refractivity (Wildman–Crippen MR) is 69.5 cm³/mol. The zero-order chi connectivity index (χ0) is 13.6. The van der Waals surface area contributed by atoms with Gasteiger partial charge in [0.2, 0.25) is 0 Å². The van der Waals surface area contributed by atoms with Crippen molar-refractivity contribution in [3.63, 3.8) is 0 Å². The smallest absolute Gasteiger partial charge is 0.315 e. The summed E-state index contributed by atoms with van der Waals surface area (Å²) in [7, 11) is 0.